The van der Waals surface area contributed by atoms with Gasteiger partial charge in [-0.1, -0.05) is 6.07 Å². The molecule has 3 heterocycles. The number of H-pyrrole nitrogens is 1. The van der Waals surface area contributed by atoms with Gasteiger partial charge in [-0.05, 0) is 44.0 Å². The van der Waals surface area contributed by atoms with E-state index in [9.17, 15) is 4.79 Å². The number of fused-ring (bicyclic) bond motifs is 1. The predicted molar refractivity (Wildman–Crippen MR) is 97.7 cm³/mol. The van der Waals surface area contributed by atoms with Crippen LogP contribution in [0.25, 0.3) is 11.5 Å². The summed E-state index contributed by atoms with van der Waals surface area (Å²) in [6, 6.07) is 10.2. The summed E-state index contributed by atoms with van der Waals surface area (Å²) in [4.78, 5) is 14.6. The van der Waals surface area contributed by atoms with Crippen molar-refractivity contribution >= 4 is 11.6 Å². The number of rotatable bonds is 5. The monoisotopic (exact) mass is 348 g/mol. The van der Waals surface area contributed by atoms with E-state index in [0.717, 1.165) is 52.4 Å². The lowest BCUT2D eigenvalue weighted by Crippen LogP contribution is -2.25. The van der Waals surface area contributed by atoms with Crippen molar-refractivity contribution in [1.29, 1.82) is 0 Å². The smallest absolute Gasteiger partial charge is 0.254 e. The average molecular weight is 348 g/mol. The molecule has 2 N–H and O–H groups in total. The summed E-state index contributed by atoms with van der Waals surface area (Å²) < 4.78 is 5.71. The molecule has 6 nitrogen and oxygen atoms in total. The number of carbonyl (C=O) groups excluding carboxylic acids is 1. The molecular formula is C20H20N4O2. The molecule has 0 spiro atoms. The molecule has 1 saturated carbocycles. The summed E-state index contributed by atoms with van der Waals surface area (Å²) in [5.41, 5.74) is 4.86. The first kappa shape index (κ1) is 15.3. The van der Waals surface area contributed by atoms with E-state index in [4.69, 9.17) is 4.42 Å². The minimum absolute atomic E-state index is 0.168. The first-order valence-corrected chi connectivity index (χ1v) is 8.96. The van der Waals surface area contributed by atoms with Crippen molar-refractivity contribution in [2.24, 2.45) is 0 Å². The fourth-order valence-corrected chi connectivity index (χ4v) is 3.62. The van der Waals surface area contributed by atoms with Crippen molar-refractivity contribution in [3.8, 4) is 11.5 Å². The van der Waals surface area contributed by atoms with Crippen LogP contribution in [0.4, 0.5) is 5.69 Å². The van der Waals surface area contributed by atoms with Gasteiger partial charge in [0.1, 0.15) is 11.5 Å². The first-order chi connectivity index (χ1) is 12.7. The van der Waals surface area contributed by atoms with E-state index < -0.39 is 0 Å². The number of nitrogens with zero attached hydrogens (tertiary/aromatic N) is 2. The fourth-order valence-electron chi connectivity index (χ4n) is 3.62. The quantitative estimate of drug-likeness (QED) is 0.737. The molecule has 2 aromatic heterocycles. The van der Waals surface area contributed by atoms with Crippen LogP contribution in [0.1, 0.15) is 40.1 Å². The molecule has 0 saturated heterocycles. The molecule has 0 radical (unpaired) electrons. The van der Waals surface area contributed by atoms with Crippen LogP contribution in [0.15, 0.2) is 40.9 Å². The molecule has 0 unspecified atom stereocenters. The number of aromatic nitrogens is 2. The number of aromatic amines is 1. The van der Waals surface area contributed by atoms with Gasteiger partial charge in [0.05, 0.1) is 6.20 Å². The number of amides is 1. The summed E-state index contributed by atoms with van der Waals surface area (Å²) in [5.74, 6) is 1.82. The second kappa shape index (κ2) is 5.76. The van der Waals surface area contributed by atoms with E-state index in [1.807, 2.05) is 48.4 Å². The summed E-state index contributed by atoms with van der Waals surface area (Å²) in [6.07, 6.45) is 4.07. The van der Waals surface area contributed by atoms with Gasteiger partial charge in [-0.2, -0.15) is 5.10 Å². The number of anilines is 1. The lowest BCUT2D eigenvalue weighted by Gasteiger charge is -2.14. The zero-order valence-electron chi connectivity index (χ0n) is 14.6. The van der Waals surface area contributed by atoms with Gasteiger partial charge in [-0.15, -0.1) is 0 Å². The molecule has 1 aromatic carbocycles. The van der Waals surface area contributed by atoms with Crippen molar-refractivity contribution < 1.29 is 9.21 Å². The maximum Gasteiger partial charge on any atom is 0.254 e. The Kier molecular flexibility index (Phi) is 3.38. The fraction of sp³-hybridized carbons (Fsp3) is 0.300. The number of aryl methyl sites for hydroxylation is 1. The van der Waals surface area contributed by atoms with Crippen molar-refractivity contribution in [2.45, 2.75) is 38.9 Å². The highest BCUT2D eigenvalue weighted by molar-refractivity contribution is 6.00. The molecule has 0 atom stereocenters. The summed E-state index contributed by atoms with van der Waals surface area (Å²) >= 11 is 0. The third-order valence-electron chi connectivity index (χ3n) is 5.16. The van der Waals surface area contributed by atoms with Gasteiger partial charge in [0.15, 0.2) is 5.76 Å². The van der Waals surface area contributed by atoms with Crippen molar-refractivity contribution in [1.82, 2.24) is 15.1 Å². The lowest BCUT2D eigenvalue weighted by molar-refractivity contribution is 0.0766. The third kappa shape index (κ3) is 2.49. The zero-order chi connectivity index (χ0) is 17.7. The average Bonchev–Trinajstić information content (AvgIpc) is 3.06. The molecule has 1 fully saturated rings. The van der Waals surface area contributed by atoms with E-state index in [0.29, 0.717) is 19.1 Å². The molecular weight excluding hydrogens is 328 g/mol. The molecule has 0 bridgehead atoms. The number of hydrogen-bond acceptors (Lipinski definition) is 4. The van der Waals surface area contributed by atoms with Crippen LogP contribution in [0, 0.1) is 6.92 Å². The molecule has 5 rings (SSSR count). The minimum Gasteiger partial charge on any atom is -0.460 e. The van der Waals surface area contributed by atoms with Crippen molar-refractivity contribution in [2.75, 3.05) is 5.32 Å². The van der Waals surface area contributed by atoms with Crippen LogP contribution in [0.5, 0.6) is 0 Å². The van der Waals surface area contributed by atoms with Gasteiger partial charge in [-0.3, -0.25) is 9.89 Å². The topological polar surface area (TPSA) is 74.2 Å². The number of hydrogen-bond donors (Lipinski definition) is 2. The van der Waals surface area contributed by atoms with Gasteiger partial charge in [0.25, 0.3) is 5.91 Å². The third-order valence-corrected chi connectivity index (χ3v) is 5.16. The molecule has 6 heteroatoms. The lowest BCUT2D eigenvalue weighted by atomic mass is 10.1. The van der Waals surface area contributed by atoms with Crippen LogP contribution in [0.3, 0.4) is 0 Å². The van der Waals surface area contributed by atoms with Gasteiger partial charge in [0, 0.05) is 41.5 Å². The first-order valence-electron chi connectivity index (χ1n) is 8.96. The Morgan fingerprint density at radius 1 is 1.31 bits per heavy atom. The Labute approximate surface area is 151 Å². The maximum absolute atomic E-state index is 12.6. The molecule has 2 aliphatic rings. The predicted octanol–water partition coefficient (Wildman–Crippen LogP) is 3.71. The van der Waals surface area contributed by atoms with E-state index in [-0.39, 0.29) is 5.91 Å². The second-order valence-electron chi connectivity index (χ2n) is 7.03. The van der Waals surface area contributed by atoms with Crippen LogP contribution < -0.4 is 5.32 Å². The Balaban J connectivity index is 1.38. The molecule has 1 aliphatic heterocycles. The van der Waals surface area contributed by atoms with Gasteiger partial charge in [0.2, 0.25) is 0 Å². The molecule has 26 heavy (non-hydrogen) atoms. The van der Waals surface area contributed by atoms with Crippen LogP contribution in [-0.2, 0) is 13.1 Å². The van der Waals surface area contributed by atoms with Crippen molar-refractivity contribution in [3.63, 3.8) is 0 Å². The highest BCUT2D eigenvalue weighted by Crippen LogP contribution is 2.37. The zero-order valence-corrected chi connectivity index (χ0v) is 14.6. The largest absolute Gasteiger partial charge is 0.460 e. The van der Waals surface area contributed by atoms with E-state index in [1.165, 1.54) is 0 Å². The summed E-state index contributed by atoms with van der Waals surface area (Å²) in [7, 11) is 0. The number of nitrogens with one attached hydrogen (secondary N) is 2. The van der Waals surface area contributed by atoms with Gasteiger partial charge < -0.3 is 14.6 Å². The SMILES string of the molecule is Cc1ccc(-c2[nH]ncc2CNc2cccc3c2CN(C2CC2)C3=O)o1. The molecule has 1 amide bonds. The van der Waals surface area contributed by atoms with Crippen LogP contribution in [0.2, 0.25) is 0 Å². The van der Waals surface area contributed by atoms with Crippen LogP contribution >= 0.6 is 0 Å². The van der Waals surface area contributed by atoms with E-state index >= 15 is 0 Å². The Bertz CT molecular complexity index is 983. The molecule has 3 aromatic rings. The maximum atomic E-state index is 12.6. The highest BCUT2D eigenvalue weighted by Gasteiger charge is 2.38. The van der Waals surface area contributed by atoms with Gasteiger partial charge >= 0.3 is 0 Å². The summed E-state index contributed by atoms with van der Waals surface area (Å²) in [6.45, 7) is 3.24. The number of benzene rings is 1. The summed E-state index contributed by atoms with van der Waals surface area (Å²) in [5, 5.41) is 10.7. The van der Waals surface area contributed by atoms with E-state index in [2.05, 4.69) is 15.5 Å². The van der Waals surface area contributed by atoms with Gasteiger partial charge in [-0.25, -0.2) is 0 Å². The number of furan rings is 1. The Hall–Kier alpha value is -3.02. The second-order valence-corrected chi connectivity index (χ2v) is 7.03. The Morgan fingerprint density at radius 3 is 2.96 bits per heavy atom. The van der Waals surface area contributed by atoms with Crippen molar-refractivity contribution in [3.05, 3.63) is 59.0 Å². The molecule has 1 aliphatic carbocycles. The van der Waals surface area contributed by atoms with Crippen LogP contribution in [-0.4, -0.2) is 27.0 Å². The number of carbonyl (C=O) groups is 1. The van der Waals surface area contributed by atoms with E-state index in [1.54, 1.807) is 0 Å². The standard InChI is InChI=1S/C20H20N4O2/c1-12-5-8-18(26-12)19-13(10-22-23-19)9-21-17-4-2-3-15-16(17)11-24(20(15)25)14-6-7-14/h2-5,8,10,14,21H,6-7,9,11H2,1H3,(H,22,23). The highest BCUT2D eigenvalue weighted by atomic mass is 16.3. The minimum atomic E-state index is 0.168. The normalized spacial score (nSPS) is 16.2. The molecule has 132 valence electrons. The Morgan fingerprint density at radius 2 is 2.19 bits per heavy atom.